The molecule has 0 bridgehead atoms. The van der Waals surface area contributed by atoms with Gasteiger partial charge in [0.15, 0.2) is 11.5 Å². The van der Waals surface area contributed by atoms with Gasteiger partial charge in [0, 0.05) is 17.8 Å². The molecule has 0 spiro atoms. The first-order valence-electron chi connectivity index (χ1n) is 5.54. The highest BCUT2D eigenvalue weighted by Gasteiger charge is 2.11. The van der Waals surface area contributed by atoms with Gasteiger partial charge in [-0.25, -0.2) is 4.39 Å². The summed E-state index contributed by atoms with van der Waals surface area (Å²) in [5.74, 6) is -0.535. The molecule has 0 aromatic carbocycles. The van der Waals surface area contributed by atoms with E-state index in [1.54, 1.807) is 13.8 Å². The molecule has 4 nitrogen and oxygen atoms in total. The minimum absolute atomic E-state index is 0.0587. The summed E-state index contributed by atoms with van der Waals surface area (Å²) >= 11 is 0. The number of aromatic amines is 1. The number of halogens is 1. The Kier molecular flexibility index (Phi) is 2.83. The van der Waals surface area contributed by atoms with E-state index in [0.29, 0.717) is 24.0 Å². The number of hydrogen-bond donors (Lipinski definition) is 1. The largest absolute Gasteiger partial charge is 0.305 e. The molecule has 0 fully saturated rings. The Morgan fingerprint density at radius 1 is 1.24 bits per heavy atom. The van der Waals surface area contributed by atoms with Crippen molar-refractivity contribution in [3.05, 3.63) is 49.9 Å². The summed E-state index contributed by atoms with van der Waals surface area (Å²) in [6.07, 6.45) is 2.31. The number of H-pyrrole nitrogens is 1. The van der Waals surface area contributed by atoms with E-state index in [1.165, 1.54) is 12.3 Å². The molecule has 2 heterocycles. The second kappa shape index (κ2) is 4.16. The third-order valence-electron chi connectivity index (χ3n) is 2.84. The Bertz CT molecular complexity index is 685. The number of fused-ring (bicyclic) bond motifs is 1. The molecule has 0 aliphatic rings. The van der Waals surface area contributed by atoms with Gasteiger partial charge in [0.25, 0.3) is 11.1 Å². The topological polar surface area (TPSA) is 54.3 Å². The Hall–Kier alpha value is -1.91. The van der Waals surface area contributed by atoms with E-state index in [9.17, 15) is 14.0 Å². The number of aromatic nitrogens is 2. The molecule has 1 N–H and O–H groups in total. The molecule has 0 amide bonds. The van der Waals surface area contributed by atoms with Crippen LogP contribution in [0.4, 0.5) is 4.39 Å². The monoisotopic (exact) mass is 236 g/mol. The standard InChI is InChI=1S/C12H13FN2O2/c1-3-7-5-9(16)15-6-8(4-2)12(17)14-11(15)10(7)13/h5-6H,3-4H2,1-2H3,(H,14,17). The van der Waals surface area contributed by atoms with Crippen LogP contribution < -0.4 is 11.1 Å². The van der Waals surface area contributed by atoms with Crippen molar-refractivity contribution >= 4 is 5.65 Å². The first-order valence-corrected chi connectivity index (χ1v) is 5.54. The number of pyridine rings is 1. The van der Waals surface area contributed by atoms with Crippen LogP contribution >= 0.6 is 0 Å². The molecular weight excluding hydrogens is 223 g/mol. The Morgan fingerprint density at radius 2 is 1.88 bits per heavy atom. The molecule has 0 saturated carbocycles. The molecule has 0 saturated heterocycles. The molecule has 2 rings (SSSR count). The maximum atomic E-state index is 13.9. The molecule has 2 aromatic rings. The third-order valence-corrected chi connectivity index (χ3v) is 2.84. The highest BCUT2D eigenvalue weighted by Crippen LogP contribution is 2.10. The lowest BCUT2D eigenvalue weighted by molar-refractivity contribution is 0.609. The lowest BCUT2D eigenvalue weighted by Crippen LogP contribution is -2.23. The smallest absolute Gasteiger partial charge is 0.256 e. The average molecular weight is 236 g/mol. The number of nitrogens with one attached hydrogen (secondary N) is 1. The van der Waals surface area contributed by atoms with Crippen molar-refractivity contribution in [3.63, 3.8) is 0 Å². The fourth-order valence-electron chi connectivity index (χ4n) is 1.80. The first kappa shape index (κ1) is 11.6. The normalized spacial score (nSPS) is 11.0. The summed E-state index contributed by atoms with van der Waals surface area (Å²) in [7, 11) is 0. The van der Waals surface area contributed by atoms with Gasteiger partial charge in [-0.15, -0.1) is 0 Å². The minimum Gasteiger partial charge on any atom is -0.305 e. The van der Waals surface area contributed by atoms with Crippen molar-refractivity contribution in [1.82, 2.24) is 9.38 Å². The minimum atomic E-state index is -0.535. The van der Waals surface area contributed by atoms with E-state index < -0.39 is 5.82 Å². The first-order chi connectivity index (χ1) is 8.08. The van der Waals surface area contributed by atoms with E-state index in [4.69, 9.17) is 0 Å². The summed E-state index contributed by atoms with van der Waals surface area (Å²) in [4.78, 5) is 25.8. The molecule has 17 heavy (non-hydrogen) atoms. The molecule has 0 unspecified atom stereocenters. The maximum absolute atomic E-state index is 13.9. The van der Waals surface area contributed by atoms with E-state index in [2.05, 4.69) is 4.98 Å². The van der Waals surface area contributed by atoms with E-state index >= 15 is 0 Å². The van der Waals surface area contributed by atoms with Crippen LogP contribution in [0.1, 0.15) is 25.0 Å². The van der Waals surface area contributed by atoms with Gasteiger partial charge in [-0.2, -0.15) is 0 Å². The van der Waals surface area contributed by atoms with Gasteiger partial charge in [0.2, 0.25) is 0 Å². The van der Waals surface area contributed by atoms with Crippen LogP contribution in [0.5, 0.6) is 0 Å². The molecule has 5 heteroatoms. The van der Waals surface area contributed by atoms with Crippen LogP contribution in [0, 0.1) is 5.82 Å². The number of aryl methyl sites for hydroxylation is 2. The molecular formula is C12H13FN2O2. The summed E-state index contributed by atoms with van der Waals surface area (Å²) in [6, 6.07) is 1.26. The fourth-order valence-corrected chi connectivity index (χ4v) is 1.80. The summed E-state index contributed by atoms with van der Waals surface area (Å²) in [6.45, 7) is 3.56. The maximum Gasteiger partial charge on any atom is 0.256 e. The van der Waals surface area contributed by atoms with E-state index in [0.717, 1.165) is 4.40 Å². The van der Waals surface area contributed by atoms with E-state index in [-0.39, 0.29) is 16.8 Å². The van der Waals surface area contributed by atoms with Crippen LogP contribution in [0.25, 0.3) is 5.65 Å². The SMILES string of the molecule is CCc1cc(=O)n2cc(CC)c(=O)[nH]c2c1F. The van der Waals surface area contributed by atoms with Gasteiger partial charge in [-0.05, 0) is 18.4 Å². The van der Waals surface area contributed by atoms with Gasteiger partial charge >= 0.3 is 0 Å². The molecule has 0 aliphatic carbocycles. The van der Waals surface area contributed by atoms with Crippen LogP contribution in [0.2, 0.25) is 0 Å². The van der Waals surface area contributed by atoms with Crippen LogP contribution in [-0.2, 0) is 12.8 Å². The molecule has 0 aliphatic heterocycles. The number of hydrogen-bond acceptors (Lipinski definition) is 2. The second-order valence-electron chi connectivity index (χ2n) is 3.86. The predicted octanol–water partition coefficient (Wildman–Crippen LogP) is 1.25. The van der Waals surface area contributed by atoms with Crippen molar-refractivity contribution in [2.75, 3.05) is 0 Å². The zero-order valence-electron chi connectivity index (χ0n) is 9.71. The third kappa shape index (κ3) is 1.77. The van der Waals surface area contributed by atoms with Crippen molar-refractivity contribution in [2.45, 2.75) is 26.7 Å². The number of rotatable bonds is 2. The average Bonchev–Trinajstić information content (AvgIpc) is 2.33. The lowest BCUT2D eigenvalue weighted by Gasteiger charge is -2.06. The van der Waals surface area contributed by atoms with Crippen molar-refractivity contribution in [1.29, 1.82) is 0 Å². The Balaban J connectivity index is 2.96. The Labute approximate surface area is 96.7 Å². The Morgan fingerprint density at radius 3 is 2.47 bits per heavy atom. The van der Waals surface area contributed by atoms with Crippen molar-refractivity contribution in [3.8, 4) is 0 Å². The molecule has 0 atom stereocenters. The van der Waals surface area contributed by atoms with Gasteiger partial charge in [0.05, 0.1) is 0 Å². The molecule has 90 valence electrons. The highest BCUT2D eigenvalue weighted by atomic mass is 19.1. The van der Waals surface area contributed by atoms with Gasteiger partial charge in [0.1, 0.15) is 0 Å². The summed E-state index contributed by atoms with van der Waals surface area (Å²) in [5, 5.41) is 0. The van der Waals surface area contributed by atoms with Gasteiger partial charge < -0.3 is 4.98 Å². The van der Waals surface area contributed by atoms with Crippen molar-refractivity contribution in [2.24, 2.45) is 0 Å². The van der Waals surface area contributed by atoms with Gasteiger partial charge in [-0.1, -0.05) is 13.8 Å². The fraction of sp³-hybridized carbons (Fsp3) is 0.333. The zero-order chi connectivity index (χ0) is 12.6. The van der Waals surface area contributed by atoms with E-state index in [1.807, 2.05) is 0 Å². The predicted molar refractivity (Wildman–Crippen MR) is 63.0 cm³/mol. The lowest BCUT2D eigenvalue weighted by atomic mass is 10.2. The van der Waals surface area contributed by atoms with Crippen LogP contribution in [0.15, 0.2) is 21.9 Å². The summed E-state index contributed by atoms with van der Waals surface area (Å²) in [5.41, 5.74) is 0.0398. The van der Waals surface area contributed by atoms with Crippen molar-refractivity contribution < 1.29 is 4.39 Å². The zero-order valence-corrected chi connectivity index (χ0v) is 9.71. The molecule has 0 radical (unpaired) electrons. The molecule has 2 aromatic heterocycles. The quantitative estimate of drug-likeness (QED) is 0.853. The van der Waals surface area contributed by atoms with Crippen LogP contribution in [-0.4, -0.2) is 9.38 Å². The second-order valence-corrected chi connectivity index (χ2v) is 3.86. The van der Waals surface area contributed by atoms with Crippen LogP contribution in [0.3, 0.4) is 0 Å². The number of nitrogens with zero attached hydrogens (tertiary/aromatic N) is 1. The highest BCUT2D eigenvalue weighted by molar-refractivity contribution is 5.43. The van der Waals surface area contributed by atoms with Gasteiger partial charge in [-0.3, -0.25) is 14.0 Å². The summed E-state index contributed by atoms with van der Waals surface area (Å²) < 4.78 is 15.1.